The summed E-state index contributed by atoms with van der Waals surface area (Å²) < 4.78 is 6.93. The van der Waals surface area contributed by atoms with E-state index in [2.05, 4.69) is 4.98 Å². The number of hydrogen-bond acceptors (Lipinski definition) is 3. The lowest BCUT2D eigenvalue weighted by atomic mass is 10.0. The molecule has 2 aromatic rings. The summed E-state index contributed by atoms with van der Waals surface area (Å²) in [7, 11) is 1.84. The molecule has 1 unspecified atom stereocenters. The number of carbonyl (C=O) groups is 1. The van der Waals surface area contributed by atoms with E-state index in [-0.39, 0.29) is 0 Å². The number of carboxylic acid groups (broad SMARTS) is 1. The molecule has 0 radical (unpaired) electrons. The molecule has 1 N–H and O–H groups in total. The minimum atomic E-state index is -0.905. The number of nitrogens with zero attached hydrogens (tertiary/aromatic N) is 2. The van der Waals surface area contributed by atoms with Gasteiger partial charge in [0.15, 0.2) is 0 Å². The van der Waals surface area contributed by atoms with E-state index in [0.717, 1.165) is 5.82 Å². The third kappa shape index (κ3) is 1.98. The Morgan fingerprint density at radius 2 is 2.50 bits per heavy atom. The van der Waals surface area contributed by atoms with Crippen molar-refractivity contribution in [2.24, 2.45) is 7.05 Å². The Labute approximate surface area is 92.3 Å². The first-order valence-corrected chi connectivity index (χ1v) is 4.91. The number of aryl methyl sites for hydroxylation is 1. The van der Waals surface area contributed by atoms with Crippen LogP contribution in [-0.2, 0) is 18.3 Å². The molecule has 2 rings (SSSR count). The smallest absolute Gasteiger partial charge is 0.314 e. The lowest BCUT2D eigenvalue weighted by Gasteiger charge is -2.09. The molecule has 1 atom stereocenters. The summed E-state index contributed by atoms with van der Waals surface area (Å²) >= 11 is 0. The van der Waals surface area contributed by atoms with E-state index in [4.69, 9.17) is 9.52 Å². The number of carboxylic acids is 1. The summed E-state index contributed by atoms with van der Waals surface area (Å²) in [6.07, 6.45) is 5.24. The van der Waals surface area contributed by atoms with E-state index in [1.807, 2.05) is 7.05 Å². The van der Waals surface area contributed by atoms with E-state index in [1.54, 1.807) is 29.1 Å². The number of furan rings is 1. The number of rotatable bonds is 4. The molecule has 84 valence electrons. The Balaban J connectivity index is 2.22. The van der Waals surface area contributed by atoms with E-state index < -0.39 is 11.9 Å². The molecule has 0 bridgehead atoms. The van der Waals surface area contributed by atoms with Gasteiger partial charge in [0.2, 0.25) is 0 Å². The summed E-state index contributed by atoms with van der Waals surface area (Å²) in [5, 5.41) is 9.14. The van der Waals surface area contributed by atoms with Gasteiger partial charge in [0.1, 0.15) is 17.5 Å². The van der Waals surface area contributed by atoms with Gasteiger partial charge in [-0.1, -0.05) is 0 Å². The first-order valence-electron chi connectivity index (χ1n) is 4.91. The minimum Gasteiger partial charge on any atom is -0.481 e. The van der Waals surface area contributed by atoms with Crippen molar-refractivity contribution in [3.05, 3.63) is 42.4 Å². The van der Waals surface area contributed by atoms with E-state index in [9.17, 15) is 4.79 Å². The highest BCUT2D eigenvalue weighted by molar-refractivity contribution is 5.75. The van der Waals surface area contributed by atoms with Crippen molar-refractivity contribution < 1.29 is 14.3 Å². The maximum absolute atomic E-state index is 11.1. The van der Waals surface area contributed by atoms with Gasteiger partial charge in [-0.3, -0.25) is 4.79 Å². The van der Waals surface area contributed by atoms with Gasteiger partial charge in [-0.15, -0.1) is 0 Å². The molecule has 0 fully saturated rings. The van der Waals surface area contributed by atoms with Crippen LogP contribution in [0.15, 0.2) is 35.2 Å². The molecule has 0 amide bonds. The predicted molar refractivity (Wildman–Crippen MR) is 56.0 cm³/mol. The van der Waals surface area contributed by atoms with Gasteiger partial charge in [0.05, 0.1) is 6.26 Å². The summed E-state index contributed by atoms with van der Waals surface area (Å²) in [5.41, 5.74) is 0. The number of hydrogen-bond donors (Lipinski definition) is 1. The Kier molecular flexibility index (Phi) is 2.76. The number of imidazole rings is 1. The van der Waals surface area contributed by atoms with Crippen LogP contribution >= 0.6 is 0 Å². The highest BCUT2D eigenvalue weighted by Gasteiger charge is 2.24. The standard InChI is InChI=1S/C11H12N2O3/c1-13-5-4-12-10(13)7-8(11(14)15)9-3-2-6-16-9/h2-6,8H,7H2,1H3,(H,14,15). The topological polar surface area (TPSA) is 68.3 Å². The highest BCUT2D eigenvalue weighted by Crippen LogP contribution is 2.20. The molecule has 0 saturated heterocycles. The number of aromatic nitrogens is 2. The maximum atomic E-state index is 11.1. The van der Waals surface area contributed by atoms with Crippen molar-refractivity contribution in [2.75, 3.05) is 0 Å². The van der Waals surface area contributed by atoms with Gasteiger partial charge < -0.3 is 14.1 Å². The van der Waals surface area contributed by atoms with Crippen molar-refractivity contribution in [3.8, 4) is 0 Å². The van der Waals surface area contributed by atoms with Crippen molar-refractivity contribution in [1.82, 2.24) is 9.55 Å². The van der Waals surface area contributed by atoms with Gasteiger partial charge >= 0.3 is 5.97 Å². The molecule has 0 aromatic carbocycles. The van der Waals surface area contributed by atoms with Crippen LogP contribution in [0.5, 0.6) is 0 Å². The first-order chi connectivity index (χ1) is 7.68. The Bertz CT molecular complexity index is 473. The quantitative estimate of drug-likeness (QED) is 0.846. The average molecular weight is 220 g/mol. The second-order valence-corrected chi connectivity index (χ2v) is 3.56. The molecule has 0 saturated carbocycles. The fourth-order valence-electron chi connectivity index (χ4n) is 1.57. The van der Waals surface area contributed by atoms with Crippen molar-refractivity contribution in [3.63, 3.8) is 0 Å². The van der Waals surface area contributed by atoms with Gasteiger partial charge in [-0.2, -0.15) is 0 Å². The van der Waals surface area contributed by atoms with Crippen LogP contribution in [0, 0.1) is 0 Å². The van der Waals surface area contributed by atoms with Crippen LogP contribution in [0.1, 0.15) is 17.5 Å². The maximum Gasteiger partial charge on any atom is 0.314 e. The largest absolute Gasteiger partial charge is 0.481 e. The summed E-state index contributed by atoms with van der Waals surface area (Å²) in [4.78, 5) is 15.2. The normalized spacial score (nSPS) is 12.6. The van der Waals surface area contributed by atoms with Crippen molar-refractivity contribution in [1.29, 1.82) is 0 Å². The van der Waals surface area contributed by atoms with Crippen LogP contribution in [0.2, 0.25) is 0 Å². The molecule has 0 aliphatic heterocycles. The number of aliphatic carboxylic acids is 1. The first kappa shape index (κ1) is 10.5. The molecule has 0 spiro atoms. The molecular formula is C11H12N2O3. The summed E-state index contributed by atoms with van der Waals surface area (Å²) in [6.45, 7) is 0. The van der Waals surface area contributed by atoms with E-state index in [0.29, 0.717) is 12.2 Å². The van der Waals surface area contributed by atoms with Crippen molar-refractivity contribution >= 4 is 5.97 Å². The predicted octanol–water partition coefficient (Wildman–Crippen LogP) is 1.42. The molecule has 0 aliphatic rings. The zero-order valence-corrected chi connectivity index (χ0v) is 8.83. The zero-order valence-electron chi connectivity index (χ0n) is 8.83. The zero-order chi connectivity index (χ0) is 11.5. The fraction of sp³-hybridized carbons (Fsp3) is 0.273. The fourth-order valence-corrected chi connectivity index (χ4v) is 1.57. The molecule has 2 aromatic heterocycles. The lowest BCUT2D eigenvalue weighted by Crippen LogP contribution is -2.15. The molecule has 16 heavy (non-hydrogen) atoms. The Morgan fingerprint density at radius 1 is 1.69 bits per heavy atom. The van der Waals surface area contributed by atoms with Gasteiger partial charge in [0.25, 0.3) is 0 Å². The van der Waals surface area contributed by atoms with E-state index in [1.165, 1.54) is 6.26 Å². The van der Waals surface area contributed by atoms with Gasteiger partial charge in [-0.05, 0) is 12.1 Å². The molecule has 5 heteroatoms. The average Bonchev–Trinajstić information content (AvgIpc) is 2.85. The van der Waals surface area contributed by atoms with Crippen molar-refractivity contribution in [2.45, 2.75) is 12.3 Å². The minimum absolute atomic E-state index is 0.326. The van der Waals surface area contributed by atoms with E-state index >= 15 is 0 Å². The van der Waals surface area contributed by atoms with Gasteiger partial charge in [0, 0.05) is 25.9 Å². The molecule has 0 aliphatic carbocycles. The van der Waals surface area contributed by atoms with Crippen LogP contribution < -0.4 is 0 Å². The van der Waals surface area contributed by atoms with Crippen LogP contribution in [0.3, 0.4) is 0 Å². The van der Waals surface area contributed by atoms with Crippen LogP contribution in [0.25, 0.3) is 0 Å². The summed E-state index contributed by atoms with van der Waals surface area (Å²) in [6, 6.07) is 3.35. The van der Waals surface area contributed by atoms with Crippen LogP contribution in [-0.4, -0.2) is 20.6 Å². The molecule has 2 heterocycles. The summed E-state index contributed by atoms with van der Waals surface area (Å²) in [5.74, 6) is -0.409. The highest BCUT2D eigenvalue weighted by atomic mass is 16.4. The Hall–Kier alpha value is -2.04. The second-order valence-electron chi connectivity index (χ2n) is 3.56. The Morgan fingerprint density at radius 3 is 3.00 bits per heavy atom. The third-order valence-corrected chi connectivity index (χ3v) is 2.49. The lowest BCUT2D eigenvalue weighted by molar-refractivity contribution is -0.139. The second kappa shape index (κ2) is 4.22. The molecule has 5 nitrogen and oxygen atoms in total. The van der Waals surface area contributed by atoms with Gasteiger partial charge in [-0.25, -0.2) is 4.98 Å². The third-order valence-electron chi connectivity index (χ3n) is 2.49. The van der Waals surface area contributed by atoms with Crippen LogP contribution in [0.4, 0.5) is 0 Å². The SMILES string of the molecule is Cn1ccnc1CC(C(=O)O)c1ccco1. The molecular weight excluding hydrogens is 208 g/mol. The monoisotopic (exact) mass is 220 g/mol.